The van der Waals surface area contributed by atoms with Crippen LogP contribution in [0.5, 0.6) is 0 Å². The minimum Gasteiger partial charge on any atom is -0.387 e. The maximum Gasteiger partial charge on any atom is 0.249 e. The molecule has 0 saturated heterocycles. The van der Waals surface area contributed by atoms with Crippen LogP contribution in [-0.4, -0.2) is 17.1 Å². The summed E-state index contributed by atoms with van der Waals surface area (Å²) in [5, 5.41) is 9.71. The van der Waals surface area contributed by atoms with Crippen LogP contribution in [0.4, 0.5) is 8.78 Å². The Kier molecular flexibility index (Phi) is 3.99. The fraction of sp³-hybridized carbons (Fsp3) is 0.500. The Morgan fingerprint density at radius 3 is 2.56 bits per heavy atom. The van der Waals surface area contributed by atoms with Crippen molar-refractivity contribution in [1.82, 2.24) is 0 Å². The summed E-state index contributed by atoms with van der Waals surface area (Å²) in [6, 6.07) is 6.12. The summed E-state index contributed by atoms with van der Waals surface area (Å²) in [5.74, 6) is -2.74. The molecule has 2 unspecified atom stereocenters. The first-order valence-electron chi connectivity index (χ1n) is 5.20. The molecule has 0 aliphatic rings. The third-order valence-electron chi connectivity index (χ3n) is 2.31. The zero-order valence-corrected chi connectivity index (χ0v) is 9.45. The molecule has 0 aromatic heterocycles. The summed E-state index contributed by atoms with van der Waals surface area (Å²) in [4.78, 5) is 0. The number of aliphatic hydroxyl groups is 1. The van der Waals surface area contributed by atoms with E-state index >= 15 is 0 Å². The summed E-state index contributed by atoms with van der Waals surface area (Å²) in [7, 11) is 0. The molecule has 0 heterocycles. The van der Waals surface area contributed by atoms with Crippen LogP contribution >= 0.6 is 0 Å². The molecule has 4 heteroatoms. The number of hydrogen-bond acceptors (Lipinski definition) is 2. The third kappa shape index (κ3) is 3.87. The molecule has 0 aliphatic heterocycles. The van der Waals surface area contributed by atoms with Crippen LogP contribution in [-0.2, 0) is 6.42 Å². The van der Waals surface area contributed by atoms with Gasteiger partial charge in [0.1, 0.15) is 0 Å². The largest absolute Gasteiger partial charge is 0.387 e. The maximum atomic E-state index is 12.8. The molecule has 1 aromatic carbocycles. The number of hydrogen-bond donors (Lipinski definition) is 2. The summed E-state index contributed by atoms with van der Waals surface area (Å²) in [5.41, 5.74) is 6.63. The van der Waals surface area contributed by atoms with Gasteiger partial charge in [0.05, 0.1) is 6.10 Å². The van der Waals surface area contributed by atoms with Gasteiger partial charge in [-0.2, -0.15) is 0 Å². The Balaban J connectivity index is 2.87. The average Bonchev–Trinajstić information content (AvgIpc) is 2.14. The lowest BCUT2D eigenvalue weighted by Gasteiger charge is -2.16. The van der Waals surface area contributed by atoms with E-state index in [0.717, 1.165) is 6.92 Å². The lowest BCUT2D eigenvalue weighted by molar-refractivity contribution is 0.0225. The Bertz CT molecular complexity index is 347. The van der Waals surface area contributed by atoms with Gasteiger partial charge < -0.3 is 10.8 Å². The highest BCUT2D eigenvalue weighted by molar-refractivity contribution is 5.26. The molecule has 0 saturated carbocycles. The number of benzene rings is 1. The number of aliphatic hydroxyl groups excluding tert-OH is 1. The smallest absolute Gasteiger partial charge is 0.249 e. The molecule has 16 heavy (non-hydrogen) atoms. The molecule has 2 nitrogen and oxygen atoms in total. The second kappa shape index (κ2) is 4.89. The molecule has 2 atom stereocenters. The lowest BCUT2D eigenvalue weighted by Crippen LogP contribution is -2.24. The maximum absolute atomic E-state index is 12.8. The van der Waals surface area contributed by atoms with Gasteiger partial charge in [-0.25, -0.2) is 8.78 Å². The summed E-state index contributed by atoms with van der Waals surface area (Å²) in [6.45, 7) is 2.55. The molecular formula is C12H17F2NO. The normalized spacial score (nSPS) is 15.9. The van der Waals surface area contributed by atoms with Crippen LogP contribution in [0, 0.1) is 0 Å². The predicted octanol–water partition coefficient (Wildman–Crippen LogP) is 2.26. The number of halogens is 2. The molecule has 1 rings (SSSR count). The van der Waals surface area contributed by atoms with Gasteiger partial charge in [0, 0.05) is 12.5 Å². The first kappa shape index (κ1) is 13.1. The minimum absolute atomic E-state index is 0.327. The van der Waals surface area contributed by atoms with E-state index in [-0.39, 0.29) is 6.42 Å². The van der Waals surface area contributed by atoms with Gasteiger partial charge in [0.2, 0.25) is 5.92 Å². The standard InChI is InChI=1S/C12H17F2NO/c1-8(15)11(16)10-5-3-4-9(6-10)7-12(2,13)14/h3-6,8,11,16H,7,15H2,1-2H3. The Hall–Kier alpha value is -1.00. The van der Waals surface area contributed by atoms with E-state index in [4.69, 9.17) is 5.73 Å². The first-order valence-corrected chi connectivity index (χ1v) is 5.20. The Labute approximate surface area is 94.1 Å². The summed E-state index contributed by atoms with van der Waals surface area (Å²) >= 11 is 0. The first-order chi connectivity index (χ1) is 7.29. The molecular weight excluding hydrogens is 212 g/mol. The molecule has 0 aliphatic carbocycles. The second-order valence-corrected chi connectivity index (χ2v) is 4.30. The van der Waals surface area contributed by atoms with Gasteiger partial charge in [-0.3, -0.25) is 0 Å². The van der Waals surface area contributed by atoms with Crippen molar-refractivity contribution in [2.75, 3.05) is 0 Å². The van der Waals surface area contributed by atoms with E-state index in [2.05, 4.69) is 0 Å². The topological polar surface area (TPSA) is 46.2 Å². The van der Waals surface area contributed by atoms with Crippen LogP contribution in [0.15, 0.2) is 24.3 Å². The predicted molar refractivity (Wildman–Crippen MR) is 59.4 cm³/mol. The number of rotatable bonds is 4. The minimum atomic E-state index is -2.74. The third-order valence-corrected chi connectivity index (χ3v) is 2.31. The van der Waals surface area contributed by atoms with E-state index in [1.54, 1.807) is 31.2 Å². The average molecular weight is 229 g/mol. The monoisotopic (exact) mass is 229 g/mol. The van der Waals surface area contributed by atoms with E-state index in [1.807, 2.05) is 0 Å². The van der Waals surface area contributed by atoms with Crippen molar-refractivity contribution in [2.45, 2.75) is 38.3 Å². The van der Waals surface area contributed by atoms with Crippen molar-refractivity contribution in [2.24, 2.45) is 5.73 Å². The van der Waals surface area contributed by atoms with Crippen molar-refractivity contribution in [3.8, 4) is 0 Å². The second-order valence-electron chi connectivity index (χ2n) is 4.30. The molecule has 0 radical (unpaired) electrons. The van der Waals surface area contributed by atoms with Gasteiger partial charge in [-0.05, 0) is 25.0 Å². The van der Waals surface area contributed by atoms with E-state index < -0.39 is 18.1 Å². The van der Waals surface area contributed by atoms with Crippen LogP contribution in [0.2, 0.25) is 0 Å². The highest BCUT2D eigenvalue weighted by Crippen LogP contribution is 2.22. The fourth-order valence-corrected chi connectivity index (χ4v) is 1.55. The highest BCUT2D eigenvalue weighted by atomic mass is 19.3. The van der Waals surface area contributed by atoms with Gasteiger partial charge >= 0.3 is 0 Å². The summed E-state index contributed by atoms with van der Waals surface area (Å²) < 4.78 is 25.6. The van der Waals surface area contributed by atoms with Crippen molar-refractivity contribution >= 4 is 0 Å². The SMILES string of the molecule is CC(N)C(O)c1cccc(CC(C)(F)F)c1. The van der Waals surface area contributed by atoms with Crippen LogP contribution < -0.4 is 5.73 Å². The van der Waals surface area contributed by atoms with Crippen molar-refractivity contribution in [3.05, 3.63) is 35.4 Å². The molecule has 0 amide bonds. The highest BCUT2D eigenvalue weighted by Gasteiger charge is 2.22. The van der Waals surface area contributed by atoms with Crippen molar-refractivity contribution < 1.29 is 13.9 Å². The van der Waals surface area contributed by atoms with Gasteiger partial charge in [0.25, 0.3) is 0 Å². The van der Waals surface area contributed by atoms with Gasteiger partial charge in [-0.1, -0.05) is 24.3 Å². The molecule has 90 valence electrons. The van der Waals surface area contributed by atoms with E-state index in [9.17, 15) is 13.9 Å². The number of alkyl halides is 2. The van der Waals surface area contributed by atoms with Crippen LogP contribution in [0.1, 0.15) is 31.1 Å². The Morgan fingerprint density at radius 1 is 1.44 bits per heavy atom. The van der Waals surface area contributed by atoms with E-state index in [0.29, 0.717) is 11.1 Å². The van der Waals surface area contributed by atoms with Gasteiger partial charge in [-0.15, -0.1) is 0 Å². The molecule has 0 spiro atoms. The lowest BCUT2D eigenvalue weighted by atomic mass is 9.99. The van der Waals surface area contributed by atoms with E-state index in [1.165, 1.54) is 0 Å². The molecule has 1 aromatic rings. The zero-order chi connectivity index (χ0) is 12.3. The molecule has 0 fully saturated rings. The Morgan fingerprint density at radius 2 is 2.06 bits per heavy atom. The number of nitrogens with two attached hydrogens (primary N) is 1. The fourth-order valence-electron chi connectivity index (χ4n) is 1.55. The van der Waals surface area contributed by atoms with Crippen LogP contribution in [0.3, 0.4) is 0 Å². The molecule has 0 bridgehead atoms. The van der Waals surface area contributed by atoms with Crippen LogP contribution in [0.25, 0.3) is 0 Å². The summed E-state index contributed by atoms with van der Waals surface area (Å²) in [6.07, 6.45) is -1.14. The van der Waals surface area contributed by atoms with Crippen molar-refractivity contribution in [3.63, 3.8) is 0 Å². The molecule has 3 N–H and O–H groups in total. The van der Waals surface area contributed by atoms with Crippen molar-refractivity contribution in [1.29, 1.82) is 0 Å². The van der Waals surface area contributed by atoms with Gasteiger partial charge in [0.15, 0.2) is 0 Å². The zero-order valence-electron chi connectivity index (χ0n) is 9.45. The quantitative estimate of drug-likeness (QED) is 0.832.